The fraction of sp³-hybridized carbons (Fsp3) is 0.0526. The number of thiophene rings is 1. The number of carbonyl (C=O) groups is 1. The van der Waals surface area contributed by atoms with E-state index in [9.17, 15) is 4.79 Å². The van der Waals surface area contributed by atoms with Crippen molar-refractivity contribution in [3.05, 3.63) is 77.7 Å². The molecular formula is C19H14N2O4S. The maximum absolute atomic E-state index is 11.9. The number of nitrogens with zero attached hydrogens (tertiary/aromatic N) is 1. The lowest BCUT2D eigenvalue weighted by Gasteiger charge is -2.06. The molecule has 0 fully saturated rings. The molecule has 3 heterocycles. The van der Waals surface area contributed by atoms with Gasteiger partial charge in [-0.25, -0.2) is 0 Å². The summed E-state index contributed by atoms with van der Waals surface area (Å²) >= 11 is 1.59. The van der Waals surface area contributed by atoms with E-state index in [4.69, 9.17) is 13.7 Å². The third kappa shape index (κ3) is 3.68. The van der Waals surface area contributed by atoms with Crippen LogP contribution in [0.4, 0.5) is 5.69 Å². The van der Waals surface area contributed by atoms with E-state index in [1.165, 1.54) is 6.26 Å². The number of ether oxygens (including phenoxy) is 1. The molecule has 3 aromatic heterocycles. The summed E-state index contributed by atoms with van der Waals surface area (Å²) < 4.78 is 16.1. The number of hydrogen-bond donors (Lipinski definition) is 1. The lowest BCUT2D eigenvalue weighted by atomic mass is 10.3. The Bertz CT molecular complexity index is 973. The zero-order chi connectivity index (χ0) is 17.8. The molecule has 0 unspecified atom stereocenters. The van der Waals surface area contributed by atoms with Crippen molar-refractivity contribution in [3.63, 3.8) is 0 Å². The van der Waals surface area contributed by atoms with Crippen LogP contribution >= 0.6 is 11.3 Å². The third-order valence-corrected chi connectivity index (χ3v) is 4.45. The lowest BCUT2D eigenvalue weighted by Crippen LogP contribution is -2.10. The first-order valence-corrected chi connectivity index (χ1v) is 8.73. The Hall–Kier alpha value is -3.32. The highest BCUT2D eigenvalue weighted by Crippen LogP contribution is 2.25. The van der Waals surface area contributed by atoms with Crippen LogP contribution in [0.25, 0.3) is 10.6 Å². The molecule has 1 N–H and O–H groups in total. The fourth-order valence-corrected chi connectivity index (χ4v) is 2.98. The molecular weight excluding hydrogens is 352 g/mol. The summed E-state index contributed by atoms with van der Waals surface area (Å²) in [6.07, 6.45) is 1.46. The van der Waals surface area contributed by atoms with E-state index in [2.05, 4.69) is 10.5 Å². The molecule has 7 heteroatoms. The van der Waals surface area contributed by atoms with Crippen molar-refractivity contribution in [1.82, 2.24) is 5.16 Å². The fourth-order valence-electron chi connectivity index (χ4n) is 2.31. The number of rotatable bonds is 6. The van der Waals surface area contributed by atoms with E-state index in [-0.39, 0.29) is 11.7 Å². The van der Waals surface area contributed by atoms with Crippen molar-refractivity contribution in [3.8, 4) is 16.4 Å². The topological polar surface area (TPSA) is 77.5 Å². The number of benzene rings is 1. The SMILES string of the molecule is O=C(Nc1ccc(OCc2cc(-c3cccs3)on2)cc1)c1ccco1. The van der Waals surface area contributed by atoms with Crippen LogP contribution in [0.5, 0.6) is 5.75 Å². The molecule has 0 aliphatic rings. The minimum absolute atomic E-state index is 0.262. The van der Waals surface area contributed by atoms with Crippen LogP contribution in [-0.4, -0.2) is 11.1 Å². The van der Waals surface area contributed by atoms with Gasteiger partial charge in [-0.1, -0.05) is 11.2 Å². The monoisotopic (exact) mass is 366 g/mol. The van der Waals surface area contributed by atoms with Crippen molar-refractivity contribution in [2.45, 2.75) is 6.61 Å². The van der Waals surface area contributed by atoms with Gasteiger partial charge >= 0.3 is 0 Å². The van der Waals surface area contributed by atoms with Gasteiger partial charge in [-0.05, 0) is 47.8 Å². The minimum atomic E-state index is -0.299. The van der Waals surface area contributed by atoms with E-state index in [0.717, 1.165) is 10.6 Å². The van der Waals surface area contributed by atoms with Crippen LogP contribution < -0.4 is 10.1 Å². The molecule has 0 aliphatic carbocycles. The second-order valence-corrected chi connectivity index (χ2v) is 6.35. The highest BCUT2D eigenvalue weighted by atomic mass is 32.1. The Morgan fingerprint density at radius 1 is 1.15 bits per heavy atom. The van der Waals surface area contributed by atoms with E-state index in [1.807, 2.05) is 23.6 Å². The number of amides is 1. The summed E-state index contributed by atoms with van der Waals surface area (Å²) in [5, 5.41) is 8.75. The van der Waals surface area contributed by atoms with Crippen molar-refractivity contribution >= 4 is 22.9 Å². The Morgan fingerprint density at radius 2 is 2.04 bits per heavy atom. The summed E-state index contributed by atoms with van der Waals surface area (Å²) in [7, 11) is 0. The quantitative estimate of drug-likeness (QED) is 0.529. The largest absolute Gasteiger partial charge is 0.487 e. The molecule has 0 aliphatic heterocycles. The standard InChI is InChI=1S/C19H14N2O4S/c22-19(16-3-1-9-23-16)20-13-5-7-15(8-6-13)24-12-14-11-17(25-21-14)18-4-2-10-26-18/h1-11H,12H2,(H,20,22). The molecule has 0 saturated heterocycles. The maximum atomic E-state index is 11.9. The van der Waals surface area contributed by atoms with Crippen molar-refractivity contribution in [2.24, 2.45) is 0 Å². The number of carbonyl (C=O) groups excluding carboxylic acids is 1. The number of hydrogen-bond acceptors (Lipinski definition) is 6. The Labute approximate surface area is 153 Å². The molecule has 0 atom stereocenters. The Balaban J connectivity index is 1.34. The van der Waals surface area contributed by atoms with Crippen LogP contribution in [0.3, 0.4) is 0 Å². The molecule has 6 nitrogen and oxygen atoms in total. The highest BCUT2D eigenvalue weighted by Gasteiger charge is 2.10. The normalized spacial score (nSPS) is 10.6. The molecule has 4 aromatic rings. The molecule has 1 aromatic carbocycles. The van der Waals surface area contributed by atoms with Crippen LogP contribution in [-0.2, 0) is 6.61 Å². The number of anilines is 1. The number of nitrogens with one attached hydrogen (secondary N) is 1. The van der Waals surface area contributed by atoms with E-state index in [1.54, 1.807) is 47.7 Å². The van der Waals surface area contributed by atoms with Crippen LogP contribution in [0, 0.1) is 0 Å². The van der Waals surface area contributed by atoms with Crippen molar-refractivity contribution in [2.75, 3.05) is 5.32 Å². The highest BCUT2D eigenvalue weighted by molar-refractivity contribution is 7.13. The zero-order valence-electron chi connectivity index (χ0n) is 13.5. The second kappa shape index (κ2) is 7.28. The first-order chi connectivity index (χ1) is 12.8. The number of aromatic nitrogens is 1. The van der Waals surface area contributed by atoms with Gasteiger partial charge in [-0.3, -0.25) is 4.79 Å². The van der Waals surface area contributed by atoms with Gasteiger partial charge in [0.05, 0.1) is 11.1 Å². The van der Waals surface area contributed by atoms with Gasteiger partial charge in [-0.15, -0.1) is 11.3 Å². The van der Waals surface area contributed by atoms with Crippen LogP contribution in [0.15, 0.2) is 75.2 Å². The Morgan fingerprint density at radius 3 is 2.77 bits per heavy atom. The Kier molecular flexibility index (Phi) is 4.53. The number of furan rings is 1. The molecule has 1 amide bonds. The van der Waals surface area contributed by atoms with Gasteiger partial charge in [0.2, 0.25) is 0 Å². The van der Waals surface area contributed by atoms with E-state index < -0.39 is 0 Å². The predicted octanol–water partition coefficient (Wildman–Crippen LogP) is 4.83. The van der Waals surface area contributed by atoms with Gasteiger partial charge in [0.25, 0.3) is 5.91 Å². The smallest absolute Gasteiger partial charge is 0.291 e. The van der Waals surface area contributed by atoms with Gasteiger partial charge in [0.15, 0.2) is 11.5 Å². The van der Waals surface area contributed by atoms with Crippen molar-refractivity contribution in [1.29, 1.82) is 0 Å². The van der Waals surface area contributed by atoms with E-state index >= 15 is 0 Å². The molecule has 26 heavy (non-hydrogen) atoms. The summed E-state index contributed by atoms with van der Waals surface area (Å²) in [5.41, 5.74) is 1.36. The van der Waals surface area contributed by atoms with Gasteiger partial charge in [-0.2, -0.15) is 0 Å². The maximum Gasteiger partial charge on any atom is 0.291 e. The van der Waals surface area contributed by atoms with E-state index in [0.29, 0.717) is 23.7 Å². The molecule has 0 radical (unpaired) electrons. The first-order valence-electron chi connectivity index (χ1n) is 7.85. The zero-order valence-corrected chi connectivity index (χ0v) is 14.4. The van der Waals surface area contributed by atoms with Gasteiger partial charge in [0.1, 0.15) is 18.1 Å². The molecule has 0 bridgehead atoms. The molecule has 130 valence electrons. The predicted molar refractivity (Wildman–Crippen MR) is 97.3 cm³/mol. The second-order valence-electron chi connectivity index (χ2n) is 5.40. The summed E-state index contributed by atoms with van der Waals surface area (Å²) in [5.74, 6) is 1.36. The molecule has 0 spiro atoms. The van der Waals surface area contributed by atoms with Crippen LogP contribution in [0.1, 0.15) is 16.2 Å². The average Bonchev–Trinajstić information content (AvgIpc) is 3.43. The molecule has 0 saturated carbocycles. The van der Waals surface area contributed by atoms with Gasteiger partial charge in [0, 0.05) is 11.8 Å². The van der Waals surface area contributed by atoms with Crippen LogP contribution in [0.2, 0.25) is 0 Å². The lowest BCUT2D eigenvalue weighted by molar-refractivity contribution is 0.0996. The first kappa shape index (κ1) is 16.2. The summed E-state index contributed by atoms with van der Waals surface area (Å²) in [6, 6.07) is 16.1. The molecule has 4 rings (SSSR count). The average molecular weight is 366 g/mol. The van der Waals surface area contributed by atoms with Gasteiger partial charge < -0.3 is 19.0 Å². The van der Waals surface area contributed by atoms with Crippen molar-refractivity contribution < 1.29 is 18.5 Å². The third-order valence-electron chi connectivity index (χ3n) is 3.57. The summed E-state index contributed by atoms with van der Waals surface area (Å²) in [6.45, 7) is 0.299. The minimum Gasteiger partial charge on any atom is -0.487 e. The summed E-state index contributed by atoms with van der Waals surface area (Å²) in [4.78, 5) is 12.9.